The maximum Gasteiger partial charge on any atom is 0.238 e. The van der Waals surface area contributed by atoms with Crippen molar-refractivity contribution in [2.45, 2.75) is 162 Å². The largest absolute Gasteiger partial charge is 0.475 e. The van der Waals surface area contributed by atoms with Crippen molar-refractivity contribution < 1.29 is 67.0 Å². The van der Waals surface area contributed by atoms with E-state index in [2.05, 4.69) is 80.8 Å². The summed E-state index contributed by atoms with van der Waals surface area (Å²) in [7, 11) is -5.70. The maximum atomic E-state index is 15.5. The van der Waals surface area contributed by atoms with E-state index in [0.717, 1.165) is 110 Å². The summed E-state index contributed by atoms with van der Waals surface area (Å²) in [5, 5.41) is 11.8. The lowest BCUT2D eigenvalue weighted by atomic mass is 9.58. The zero-order valence-corrected chi connectivity index (χ0v) is 71.0. The van der Waals surface area contributed by atoms with Crippen molar-refractivity contribution >= 4 is 115 Å². The Kier molecular flexibility index (Phi) is 25.2. The summed E-state index contributed by atoms with van der Waals surface area (Å²) in [6.07, 6.45) is 20.0. The van der Waals surface area contributed by atoms with Crippen molar-refractivity contribution in [2.24, 2.45) is 17.8 Å². The summed E-state index contributed by atoms with van der Waals surface area (Å²) in [5.74, 6) is 0.289. The number of ether oxygens (including phenoxy) is 3. The Hall–Kier alpha value is -9.93. The van der Waals surface area contributed by atoms with Gasteiger partial charge < -0.3 is 44.9 Å². The first kappa shape index (κ1) is 87.4. The minimum absolute atomic E-state index is 0. The lowest BCUT2D eigenvalue weighted by Crippen LogP contribution is -2.48. The summed E-state index contributed by atoms with van der Waals surface area (Å²) in [5.41, 5.74) is 6.64. The number of nitrogens with one attached hydrogen (secondary N) is 6. The molecule has 15 rings (SSSR count). The number of fused-ring (bicyclic) bond motifs is 12. The number of amides is 3. The van der Waals surface area contributed by atoms with E-state index in [9.17, 15) is 39.6 Å². The molecule has 27 nitrogen and oxygen atoms in total. The van der Waals surface area contributed by atoms with Gasteiger partial charge in [-0.05, 0) is 92.7 Å². The number of halogens is 3. The van der Waals surface area contributed by atoms with Gasteiger partial charge in [0.25, 0.3) is 0 Å². The summed E-state index contributed by atoms with van der Waals surface area (Å²) >= 11 is 0. The fourth-order valence-corrected chi connectivity index (χ4v) is 19.0. The second kappa shape index (κ2) is 34.1. The van der Waals surface area contributed by atoms with Gasteiger partial charge in [-0.25, -0.2) is 53.4 Å². The van der Waals surface area contributed by atoms with Gasteiger partial charge in [-0.1, -0.05) is 89.0 Å². The molecule has 632 valence electrons. The van der Waals surface area contributed by atoms with E-state index in [4.69, 9.17) is 14.2 Å². The smallest absolute Gasteiger partial charge is 0.238 e. The quantitative estimate of drug-likeness (QED) is 0.0260. The van der Waals surface area contributed by atoms with Gasteiger partial charge in [-0.3, -0.25) is 43.5 Å². The van der Waals surface area contributed by atoms with Crippen LogP contribution in [0.2, 0.25) is 0 Å². The molecule has 3 spiro atoms. The van der Waals surface area contributed by atoms with E-state index >= 15 is 13.2 Å². The maximum absolute atomic E-state index is 15.5. The SMILES string of the molecule is C.CCC1CC2(C1)C(=O)N(C)c1cnc3cc(F)c(-c4cnc(OCCNC(C)C)c(NS(C)(=O)=O)c4)cc3c12.CCC1CC2(C1)C(=O)N(C)c1cnc3cc(F)c(-c4cnc(OCCNC(C)C)c(NS(C)(=O)=O)c4)cc3c12.CCC1CC2(C1)C(=O)N(C)c1cnc3cc(F)c(-c4cnc(OCCNC(C)C)c(NS(C)(=O)=O)c4)cc3c12. The highest BCUT2D eigenvalue weighted by atomic mass is 32.2. The molecule has 3 aliphatic heterocycles. The molecule has 0 saturated heterocycles. The van der Waals surface area contributed by atoms with Crippen molar-refractivity contribution in [3.8, 4) is 51.0 Å². The molecule has 0 atom stereocenters. The number of nitrogens with zero attached hydrogens (tertiary/aromatic N) is 9. The molecule has 0 bridgehead atoms. The summed E-state index contributed by atoms with van der Waals surface area (Å²) < 4.78 is 144. The number of hydrogen-bond acceptors (Lipinski definition) is 21. The van der Waals surface area contributed by atoms with E-state index in [0.29, 0.717) is 86.8 Å². The summed E-state index contributed by atoms with van der Waals surface area (Å²) in [6.45, 7) is 20.9. The van der Waals surface area contributed by atoms with Crippen LogP contribution in [-0.2, 0) is 60.7 Å². The van der Waals surface area contributed by atoms with Crippen LogP contribution in [0.15, 0.2) is 91.8 Å². The summed E-state index contributed by atoms with van der Waals surface area (Å²) in [6, 6.07) is 14.6. The lowest BCUT2D eigenvalue weighted by Gasteiger charge is -2.44. The van der Waals surface area contributed by atoms with Crippen molar-refractivity contribution in [3.05, 3.63) is 126 Å². The van der Waals surface area contributed by atoms with Crippen LogP contribution in [0.3, 0.4) is 0 Å². The number of anilines is 6. The molecule has 9 aromatic rings. The number of aromatic nitrogens is 6. The molecule has 6 aliphatic rings. The van der Waals surface area contributed by atoms with Gasteiger partial charge in [0.2, 0.25) is 65.4 Å². The van der Waals surface area contributed by atoms with E-state index in [1.54, 1.807) is 72.6 Å². The van der Waals surface area contributed by atoms with Crippen LogP contribution in [0.25, 0.3) is 66.1 Å². The van der Waals surface area contributed by atoms with E-state index in [1.807, 2.05) is 41.5 Å². The minimum atomic E-state index is -3.66. The third-order valence-electron chi connectivity index (χ3n) is 23.1. The Labute approximate surface area is 688 Å². The average molecular weight is 1680 g/mol. The Balaban J connectivity index is 0.000000162. The Morgan fingerprint density at radius 1 is 0.407 bits per heavy atom. The fourth-order valence-electron chi connectivity index (χ4n) is 17.4. The van der Waals surface area contributed by atoms with Gasteiger partial charge >= 0.3 is 0 Å². The lowest BCUT2D eigenvalue weighted by molar-refractivity contribution is -0.128. The number of carbonyl (C=O) groups is 3. The third kappa shape index (κ3) is 17.3. The topological polar surface area (TPSA) is 341 Å². The van der Waals surface area contributed by atoms with E-state index < -0.39 is 63.8 Å². The van der Waals surface area contributed by atoms with Crippen molar-refractivity contribution in [2.75, 3.05) is 108 Å². The summed E-state index contributed by atoms with van der Waals surface area (Å²) in [4.78, 5) is 71.5. The Morgan fingerprint density at radius 3 is 0.873 bits per heavy atom. The average Bonchev–Trinajstić information content (AvgIpc) is 1.54. The highest BCUT2D eigenvalue weighted by Gasteiger charge is 2.60. The van der Waals surface area contributed by atoms with E-state index in [-0.39, 0.29) is 114 Å². The predicted octanol–water partition coefficient (Wildman–Crippen LogP) is 13.3. The first-order valence-corrected chi connectivity index (χ1v) is 45.2. The standard InChI is InChI=1S/3C28H34FN5O4S.CH4/c3*1-6-17-12-28(13-17)25-20-10-19(21(29)11-22(20)31-15-24(25)34(4)27(28)35)18-9-23(33-39(5,36)37)26(32-14-18)38-8-7-30-16(2)3;/h3*9-11,14-17,30,33H,6-8,12-13H2,1-5H3;1H4. The normalized spacial score (nSPS) is 20.4. The van der Waals surface area contributed by atoms with Gasteiger partial charge in [0.15, 0.2) is 0 Å². The van der Waals surface area contributed by atoms with Gasteiger partial charge in [0.1, 0.15) is 54.3 Å². The van der Waals surface area contributed by atoms with Crippen LogP contribution in [0, 0.1) is 35.2 Å². The Morgan fingerprint density at radius 2 is 0.653 bits per heavy atom. The number of pyridine rings is 6. The van der Waals surface area contributed by atoms with Crippen molar-refractivity contribution in [1.82, 2.24) is 45.9 Å². The minimum Gasteiger partial charge on any atom is -0.475 e. The van der Waals surface area contributed by atoms with Crippen LogP contribution in [0.1, 0.15) is 144 Å². The van der Waals surface area contributed by atoms with Gasteiger partial charge in [-0.15, -0.1) is 0 Å². The Bertz CT molecular complexity index is 5210. The molecule has 3 aromatic carbocycles. The van der Waals surface area contributed by atoms with Crippen LogP contribution < -0.4 is 59.0 Å². The molecule has 3 saturated carbocycles. The molecular formula is C85H106F3N15O12S3. The van der Waals surface area contributed by atoms with Crippen LogP contribution >= 0.6 is 0 Å². The monoisotopic (exact) mass is 1680 g/mol. The molecule has 3 fully saturated rings. The molecule has 6 N–H and O–H groups in total. The van der Waals surface area contributed by atoms with Crippen LogP contribution in [-0.4, -0.2) is 170 Å². The number of carbonyl (C=O) groups excluding carboxylic acids is 3. The molecule has 9 heterocycles. The first-order valence-electron chi connectivity index (χ1n) is 39.6. The second-order valence-electron chi connectivity index (χ2n) is 32.7. The second-order valence-corrected chi connectivity index (χ2v) is 38.0. The molecule has 118 heavy (non-hydrogen) atoms. The number of hydrogen-bond donors (Lipinski definition) is 6. The number of rotatable bonds is 27. The predicted molar refractivity (Wildman–Crippen MR) is 457 cm³/mol. The zero-order valence-electron chi connectivity index (χ0n) is 68.5. The number of likely N-dealkylation sites (N-methyl/N-ethyl adjacent to an activating group) is 3. The van der Waals surface area contributed by atoms with Crippen LogP contribution in [0.5, 0.6) is 17.6 Å². The number of benzene rings is 3. The first-order chi connectivity index (χ1) is 55.3. The van der Waals surface area contributed by atoms with Crippen molar-refractivity contribution in [1.29, 1.82) is 0 Å². The van der Waals surface area contributed by atoms with Gasteiger partial charge in [0, 0.05) is 162 Å². The van der Waals surface area contributed by atoms with Gasteiger partial charge in [-0.2, -0.15) is 0 Å². The molecule has 33 heteroatoms. The molecule has 3 aliphatic carbocycles. The van der Waals surface area contributed by atoms with Crippen molar-refractivity contribution in [3.63, 3.8) is 0 Å². The van der Waals surface area contributed by atoms with Gasteiger partial charge in [0.05, 0.1) is 87.2 Å². The zero-order chi connectivity index (χ0) is 84.3. The molecule has 3 amide bonds. The van der Waals surface area contributed by atoms with E-state index in [1.165, 1.54) is 55.0 Å². The third-order valence-corrected chi connectivity index (χ3v) is 24.9. The molecule has 0 radical (unpaired) electrons. The molecule has 6 aromatic heterocycles. The highest BCUT2D eigenvalue weighted by Crippen LogP contribution is 2.61. The molecule has 0 unspecified atom stereocenters. The number of sulfonamides is 3. The van der Waals surface area contributed by atoms with Crippen LogP contribution in [0.4, 0.5) is 47.3 Å². The molecular weight excluding hydrogens is 1580 g/mol. The highest BCUT2D eigenvalue weighted by molar-refractivity contribution is 7.92. The fraction of sp³-hybridized carbons (Fsp3) is 0.471.